The Bertz CT molecular complexity index is 785. The lowest BCUT2D eigenvalue weighted by Crippen LogP contribution is -2.47. The molecule has 0 aliphatic carbocycles. The number of carbonyl (C=O) groups is 1. The van der Waals surface area contributed by atoms with Gasteiger partial charge < -0.3 is 14.4 Å². The van der Waals surface area contributed by atoms with Crippen LogP contribution in [0.3, 0.4) is 0 Å². The lowest BCUT2D eigenvalue weighted by Gasteiger charge is -2.34. The Balaban J connectivity index is 1.65. The Labute approximate surface area is 161 Å². The lowest BCUT2D eigenvalue weighted by atomic mass is 10.1. The van der Waals surface area contributed by atoms with Gasteiger partial charge in [0.2, 0.25) is 0 Å². The molecule has 1 fully saturated rings. The number of hydrogen-bond donors (Lipinski definition) is 0. The van der Waals surface area contributed by atoms with E-state index >= 15 is 0 Å². The molecule has 1 saturated heterocycles. The smallest absolute Gasteiger partial charge is 0.263 e. The van der Waals surface area contributed by atoms with E-state index in [-0.39, 0.29) is 17.8 Å². The highest BCUT2D eigenvalue weighted by Gasteiger charge is 2.29. The zero-order valence-corrected chi connectivity index (χ0v) is 15.6. The summed E-state index contributed by atoms with van der Waals surface area (Å²) < 4.78 is 24.5. The van der Waals surface area contributed by atoms with Crippen molar-refractivity contribution in [3.63, 3.8) is 0 Å². The van der Waals surface area contributed by atoms with E-state index < -0.39 is 6.10 Å². The molecule has 7 heteroatoms. The summed E-state index contributed by atoms with van der Waals surface area (Å²) in [5, 5.41) is 0.847. The van der Waals surface area contributed by atoms with E-state index in [1.54, 1.807) is 42.2 Å². The third-order valence-corrected chi connectivity index (χ3v) is 4.70. The number of morpholine rings is 1. The predicted molar refractivity (Wildman–Crippen MR) is 98.2 cm³/mol. The first-order valence-electron chi connectivity index (χ1n) is 8.21. The number of rotatable bonds is 4. The molecule has 0 bridgehead atoms. The van der Waals surface area contributed by atoms with Crippen molar-refractivity contribution in [2.45, 2.75) is 19.1 Å². The fourth-order valence-corrected chi connectivity index (χ4v) is 3.25. The van der Waals surface area contributed by atoms with Gasteiger partial charge in [-0.05, 0) is 42.8 Å². The quantitative estimate of drug-likeness (QED) is 0.762. The minimum Gasteiger partial charge on any atom is -0.479 e. The van der Waals surface area contributed by atoms with Gasteiger partial charge in [0.25, 0.3) is 5.91 Å². The Morgan fingerprint density at radius 1 is 1.27 bits per heavy atom. The van der Waals surface area contributed by atoms with Crippen LogP contribution in [0.25, 0.3) is 0 Å². The van der Waals surface area contributed by atoms with E-state index in [4.69, 9.17) is 32.7 Å². The monoisotopic (exact) mass is 397 g/mol. The third kappa shape index (κ3) is 4.47. The molecular formula is C19H18Cl2FNO3. The van der Waals surface area contributed by atoms with Crippen LogP contribution < -0.4 is 4.74 Å². The summed E-state index contributed by atoms with van der Waals surface area (Å²) in [6.45, 7) is 2.93. The Morgan fingerprint density at radius 3 is 2.69 bits per heavy atom. The standard InChI is InChI=1S/C19H18Cl2FNO3/c1-12(26-17-7-4-14(20)10-16(17)21)19(24)23-8-9-25-18(11-23)13-2-5-15(22)6-3-13/h2-7,10,12,18H,8-9,11H2,1H3/t12-,18-/m0/s1. The molecule has 26 heavy (non-hydrogen) atoms. The fourth-order valence-electron chi connectivity index (χ4n) is 2.80. The molecule has 1 amide bonds. The first-order valence-corrected chi connectivity index (χ1v) is 8.97. The van der Waals surface area contributed by atoms with Crippen molar-refractivity contribution in [1.82, 2.24) is 4.90 Å². The van der Waals surface area contributed by atoms with Gasteiger partial charge in [-0.1, -0.05) is 35.3 Å². The van der Waals surface area contributed by atoms with Crippen molar-refractivity contribution in [3.8, 4) is 5.75 Å². The average Bonchev–Trinajstić information content (AvgIpc) is 2.64. The minimum atomic E-state index is -0.708. The first-order chi connectivity index (χ1) is 12.4. The van der Waals surface area contributed by atoms with Crippen LogP contribution >= 0.6 is 23.2 Å². The van der Waals surface area contributed by atoms with Gasteiger partial charge in [-0.2, -0.15) is 0 Å². The normalized spacial score (nSPS) is 18.5. The highest BCUT2D eigenvalue weighted by Crippen LogP contribution is 2.29. The number of hydrogen-bond acceptors (Lipinski definition) is 3. The number of halogens is 3. The molecule has 0 radical (unpaired) electrons. The molecule has 2 aromatic rings. The van der Waals surface area contributed by atoms with E-state index in [0.29, 0.717) is 35.5 Å². The Hall–Kier alpha value is -1.82. The molecule has 138 valence electrons. The second-order valence-electron chi connectivity index (χ2n) is 6.03. The molecule has 0 spiro atoms. The number of ether oxygens (including phenoxy) is 2. The molecule has 0 aromatic heterocycles. The number of amides is 1. The molecular weight excluding hydrogens is 380 g/mol. The van der Waals surface area contributed by atoms with Crippen LogP contribution in [-0.2, 0) is 9.53 Å². The zero-order chi connectivity index (χ0) is 18.7. The zero-order valence-electron chi connectivity index (χ0n) is 14.1. The molecule has 1 heterocycles. The van der Waals surface area contributed by atoms with E-state index in [9.17, 15) is 9.18 Å². The predicted octanol–water partition coefficient (Wildman–Crippen LogP) is 4.50. The van der Waals surface area contributed by atoms with Crippen molar-refractivity contribution in [2.75, 3.05) is 19.7 Å². The van der Waals surface area contributed by atoms with Gasteiger partial charge in [-0.3, -0.25) is 4.79 Å². The van der Waals surface area contributed by atoms with Crippen LogP contribution in [-0.4, -0.2) is 36.6 Å². The SMILES string of the molecule is C[C@H](Oc1ccc(Cl)cc1Cl)C(=O)N1CCO[C@H](c2ccc(F)cc2)C1. The van der Waals surface area contributed by atoms with E-state index in [1.807, 2.05) is 0 Å². The summed E-state index contributed by atoms with van der Waals surface area (Å²) in [6.07, 6.45) is -1.000. The molecule has 0 saturated carbocycles. The maximum Gasteiger partial charge on any atom is 0.263 e. The summed E-state index contributed by atoms with van der Waals surface area (Å²) in [7, 11) is 0. The molecule has 1 aliphatic heterocycles. The molecule has 1 aliphatic rings. The van der Waals surface area contributed by atoms with Crippen LogP contribution in [0.1, 0.15) is 18.6 Å². The van der Waals surface area contributed by atoms with Crippen molar-refractivity contribution in [3.05, 3.63) is 63.9 Å². The maximum atomic E-state index is 13.1. The lowest BCUT2D eigenvalue weighted by molar-refractivity contribution is -0.145. The van der Waals surface area contributed by atoms with Crippen LogP contribution in [0.2, 0.25) is 10.0 Å². The van der Waals surface area contributed by atoms with Gasteiger partial charge in [-0.15, -0.1) is 0 Å². The van der Waals surface area contributed by atoms with Gasteiger partial charge in [0.15, 0.2) is 6.10 Å². The van der Waals surface area contributed by atoms with E-state index in [0.717, 1.165) is 5.56 Å². The summed E-state index contributed by atoms with van der Waals surface area (Å²) >= 11 is 12.0. The van der Waals surface area contributed by atoms with Gasteiger partial charge in [-0.25, -0.2) is 4.39 Å². The Kier molecular flexibility index (Phi) is 6.01. The van der Waals surface area contributed by atoms with Crippen LogP contribution in [0.5, 0.6) is 5.75 Å². The topological polar surface area (TPSA) is 38.8 Å². The van der Waals surface area contributed by atoms with Crippen molar-refractivity contribution >= 4 is 29.1 Å². The number of carbonyl (C=O) groups excluding carboxylic acids is 1. The average molecular weight is 398 g/mol. The largest absolute Gasteiger partial charge is 0.479 e. The van der Waals surface area contributed by atoms with Crippen LogP contribution in [0, 0.1) is 5.82 Å². The van der Waals surface area contributed by atoms with Gasteiger partial charge >= 0.3 is 0 Å². The van der Waals surface area contributed by atoms with Crippen LogP contribution in [0.4, 0.5) is 4.39 Å². The minimum absolute atomic E-state index is 0.161. The second-order valence-corrected chi connectivity index (χ2v) is 6.87. The van der Waals surface area contributed by atoms with Gasteiger partial charge in [0, 0.05) is 11.6 Å². The molecule has 2 aromatic carbocycles. The molecule has 0 N–H and O–H groups in total. The number of nitrogens with zero attached hydrogens (tertiary/aromatic N) is 1. The second kappa shape index (κ2) is 8.25. The summed E-state index contributed by atoms with van der Waals surface area (Å²) in [5.41, 5.74) is 0.832. The van der Waals surface area contributed by atoms with Gasteiger partial charge in [0.05, 0.1) is 18.2 Å². The fraction of sp³-hybridized carbons (Fsp3) is 0.316. The third-order valence-electron chi connectivity index (χ3n) is 4.17. The van der Waals surface area contributed by atoms with Crippen molar-refractivity contribution < 1.29 is 18.7 Å². The molecule has 2 atom stereocenters. The van der Waals surface area contributed by atoms with Gasteiger partial charge in [0.1, 0.15) is 17.7 Å². The highest BCUT2D eigenvalue weighted by molar-refractivity contribution is 6.35. The van der Waals surface area contributed by atoms with E-state index in [2.05, 4.69) is 0 Å². The van der Waals surface area contributed by atoms with Crippen LogP contribution in [0.15, 0.2) is 42.5 Å². The summed E-state index contributed by atoms with van der Waals surface area (Å²) in [5.74, 6) is -0.0638. The molecule has 3 rings (SSSR count). The summed E-state index contributed by atoms with van der Waals surface area (Å²) in [6, 6.07) is 11.0. The maximum absolute atomic E-state index is 13.1. The van der Waals surface area contributed by atoms with Crippen molar-refractivity contribution in [1.29, 1.82) is 0 Å². The first kappa shape index (κ1) is 19.0. The molecule has 0 unspecified atom stereocenters. The number of benzene rings is 2. The van der Waals surface area contributed by atoms with E-state index in [1.165, 1.54) is 12.1 Å². The molecule has 4 nitrogen and oxygen atoms in total. The highest BCUT2D eigenvalue weighted by atomic mass is 35.5. The Morgan fingerprint density at radius 2 is 2.00 bits per heavy atom. The summed E-state index contributed by atoms with van der Waals surface area (Å²) in [4.78, 5) is 14.4. The van der Waals surface area contributed by atoms with Crippen molar-refractivity contribution in [2.24, 2.45) is 0 Å².